The first-order chi connectivity index (χ1) is 11.5. The Morgan fingerprint density at radius 2 is 1.71 bits per heavy atom. The van der Waals surface area contributed by atoms with Crippen molar-refractivity contribution in [3.63, 3.8) is 0 Å². The van der Waals surface area contributed by atoms with Crippen molar-refractivity contribution < 1.29 is 14.7 Å². The molecule has 0 aliphatic rings. The Labute approximate surface area is 146 Å². The SMILES string of the molecule is CC(CC(=O)NCc1ccccc1CO)C(=O)c1ccc(Cl)cc1. The van der Waals surface area contributed by atoms with Gasteiger partial charge in [0.05, 0.1) is 6.61 Å². The number of hydrogen-bond donors (Lipinski definition) is 2. The number of carbonyl (C=O) groups is 2. The summed E-state index contributed by atoms with van der Waals surface area (Å²) in [4.78, 5) is 24.4. The average Bonchev–Trinajstić information content (AvgIpc) is 2.60. The van der Waals surface area contributed by atoms with Crippen LogP contribution in [0.5, 0.6) is 0 Å². The lowest BCUT2D eigenvalue weighted by Crippen LogP contribution is -2.27. The number of hydrogen-bond acceptors (Lipinski definition) is 3. The second kappa shape index (κ2) is 8.62. The van der Waals surface area contributed by atoms with Crippen LogP contribution in [0.25, 0.3) is 0 Å². The van der Waals surface area contributed by atoms with Crippen molar-refractivity contribution in [1.82, 2.24) is 5.32 Å². The van der Waals surface area contributed by atoms with E-state index in [-0.39, 0.29) is 24.7 Å². The average molecular weight is 346 g/mol. The Bertz CT molecular complexity index is 713. The van der Waals surface area contributed by atoms with Crippen LogP contribution in [0.3, 0.4) is 0 Å². The highest BCUT2D eigenvalue weighted by molar-refractivity contribution is 6.30. The molecule has 1 atom stereocenters. The molecule has 0 aliphatic heterocycles. The first kappa shape index (κ1) is 18.2. The molecule has 0 spiro atoms. The van der Waals surface area contributed by atoms with E-state index in [4.69, 9.17) is 11.6 Å². The molecule has 5 heteroatoms. The van der Waals surface area contributed by atoms with Crippen LogP contribution >= 0.6 is 11.6 Å². The molecule has 2 aromatic rings. The minimum Gasteiger partial charge on any atom is -0.392 e. The first-order valence-corrected chi connectivity index (χ1v) is 8.13. The van der Waals surface area contributed by atoms with Gasteiger partial charge in [0, 0.05) is 29.5 Å². The molecule has 0 fully saturated rings. The number of nitrogens with one attached hydrogen (secondary N) is 1. The molecule has 2 aromatic carbocycles. The van der Waals surface area contributed by atoms with Crippen molar-refractivity contribution in [2.45, 2.75) is 26.5 Å². The zero-order valence-electron chi connectivity index (χ0n) is 13.5. The third-order valence-electron chi connectivity index (χ3n) is 3.83. The predicted molar refractivity (Wildman–Crippen MR) is 93.8 cm³/mol. The topological polar surface area (TPSA) is 66.4 Å². The number of rotatable bonds is 7. The van der Waals surface area contributed by atoms with Crippen LogP contribution < -0.4 is 5.32 Å². The number of amides is 1. The summed E-state index contributed by atoms with van der Waals surface area (Å²) in [5, 5.41) is 12.6. The van der Waals surface area contributed by atoms with Crippen LogP contribution in [0.4, 0.5) is 0 Å². The van der Waals surface area contributed by atoms with Crippen LogP contribution in [0, 0.1) is 5.92 Å². The molecular formula is C19H20ClNO3. The maximum Gasteiger partial charge on any atom is 0.220 e. The Balaban J connectivity index is 1.89. The summed E-state index contributed by atoms with van der Waals surface area (Å²) in [6, 6.07) is 14.0. The van der Waals surface area contributed by atoms with Crippen molar-refractivity contribution >= 4 is 23.3 Å². The maximum absolute atomic E-state index is 12.3. The van der Waals surface area contributed by atoms with Gasteiger partial charge in [-0.25, -0.2) is 0 Å². The number of halogens is 1. The number of carbonyl (C=O) groups excluding carboxylic acids is 2. The quantitative estimate of drug-likeness (QED) is 0.756. The summed E-state index contributed by atoms with van der Waals surface area (Å²) in [6.07, 6.45) is 0.114. The van der Waals surface area contributed by atoms with Gasteiger partial charge in [0.1, 0.15) is 0 Å². The number of Topliss-reactive ketones (excluding diaryl/α,β-unsaturated/α-hetero) is 1. The lowest BCUT2D eigenvalue weighted by molar-refractivity contribution is -0.121. The minimum absolute atomic E-state index is 0.0719. The van der Waals surface area contributed by atoms with Crippen LogP contribution in [-0.4, -0.2) is 16.8 Å². The van der Waals surface area contributed by atoms with E-state index in [0.29, 0.717) is 17.1 Å². The molecule has 24 heavy (non-hydrogen) atoms. The molecule has 0 radical (unpaired) electrons. The maximum atomic E-state index is 12.3. The molecule has 2 rings (SSSR count). The largest absolute Gasteiger partial charge is 0.392 e. The standard InChI is InChI=1S/C19H20ClNO3/c1-13(19(24)14-6-8-17(20)9-7-14)10-18(23)21-11-15-4-2-3-5-16(15)12-22/h2-9,13,22H,10-12H2,1H3,(H,21,23). The van der Waals surface area contributed by atoms with Crippen molar-refractivity contribution in [2.75, 3.05) is 0 Å². The molecule has 4 nitrogen and oxygen atoms in total. The number of ketones is 1. The van der Waals surface area contributed by atoms with Crippen molar-refractivity contribution in [3.8, 4) is 0 Å². The Kier molecular flexibility index (Phi) is 6.53. The van der Waals surface area contributed by atoms with Crippen LogP contribution in [0.15, 0.2) is 48.5 Å². The molecule has 0 saturated heterocycles. The molecule has 0 aromatic heterocycles. The van der Waals surface area contributed by atoms with E-state index >= 15 is 0 Å². The zero-order valence-corrected chi connectivity index (χ0v) is 14.2. The first-order valence-electron chi connectivity index (χ1n) is 7.75. The molecule has 0 saturated carbocycles. The monoisotopic (exact) mass is 345 g/mol. The Morgan fingerprint density at radius 1 is 1.08 bits per heavy atom. The minimum atomic E-state index is -0.417. The Morgan fingerprint density at radius 3 is 2.33 bits per heavy atom. The highest BCUT2D eigenvalue weighted by Gasteiger charge is 2.18. The van der Waals surface area contributed by atoms with Gasteiger partial charge in [0.15, 0.2) is 5.78 Å². The summed E-state index contributed by atoms with van der Waals surface area (Å²) in [7, 11) is 0. The molecule has 126 valence electrons. The summed E-state index contributed by atoms with van der Waals surface area (Å²) in [5.74, 6) is -0.700. The second-order valence-corrected chi connectivity index (χ2v) is 6.12. The highest BCUT2D eigenvalue weighted by atomic mass is 35.5. The lowest BCUT2D eigenvalue weighted by Gasteiger charge is -2.12. The summed E-state index contributed by atoms with van der Waals surface area (Å²) in [5.41, 5.74) is 2.19. The fraction of sp³-hybridized carbons (Fsp3) is 0.263. The third kappa shape index (κ3) is 4.91. The normalized spacial score (nSPS) is 11.8. The number of benzene rings is 2. The van der Waals surface area contributed by atoms with Gasteiger partial charge in [0.2, 0.25) is 5.91 Å². The highest BCUT2D eigenvalue weighted by Crippen LogP contribution is 2.16. The van der Waals surface area contributed by atoms with Gasteiger partial charge in [-0.3, -0.25) is 9.59 Å². The smallest absolute Gasteiger partial charge is 0.220 e. The van der Waals surface area contributed by atoms with Gasteiger partial charge in [-0.2, -0.15) is 0 Å². The molecule has 0 bridgehead atoms. The van der Waals surface area contributed by atoms with E-state index in [9.17, 15) is 14.7 Å². The van der Waals surface area contributed by atoms with Crippen LogP contribution in [0.1, 0.15) is 34.8 Å². The van der Waals surface area contributed by atoms with Gasteiger partial charge >= 0.3 is 0 Å². The number of aliphatic hydroxyl groups excluding tert-OH is 1. The molecule has 0 heterocycles. The number of aliphatic hydroxyl groups is 1. The summed E-state index contributed by atoms with van der Waals surface area (Å²) in [6.45, 7) is 1.99. The molecule has 0 aliphatic carbocycles. The molecule has 2 N–H and O–H groups in total. The van der Waals surface area contributed by atoms with E-state index < -0.39 is 5.92 Å². The van der Waals surface area contributed by atoms with E-state index in [1.165, 1.54) is 0 Å². The van der Waals surface area contributed by atoms with E-state index in [1.54, 1.807) is 31.2 Å². The second-order valence-electron chi connectivity index (χ2n) is 5.68. The van der Waals surface area contributed by atoms with E-state index in [1.807, 2.05) is 24.3 Å². The zero-order chi connectivity index (χ0) is 17.5. The van der Waals surface area contributed by atoms with Crippen LogP contribution in [-0.2, 0) is 17.9 Å². The molecular weight excluding hydrogens is 326 g/mol. The van der Waals surface area contributed by atoms with Gasteiger partial charge in [0.25, 0.3) is 0 Å². The van der Waals surface area contributed by atoms with Crippen molar-refractivity contribution in [1.29, 1.82) is 0 Å². The van der Waals surface area contributed by atoms with Gasteiger partial charge in [-0.1, -0.05) is 42.8 Å². The molecule has 1 amide bonds. The lowest BCUT2D eigenvalue weighted by atomic mass is 9.96. The van der Waals surface area contributed by atoms with Crippen LogP contribution in [0.2, 0.25) is 5.02 Å². The summed E-state index contributed by atoms with van der Waals surface area (Å²) >= 11 is 5.81. The summed E-state index contributed by atoms with van der Waals surface area (Å²) < 4.78 is 0. The van der Waals surface area contributed by atoms with Crippen molar-refractivity contribution in [3.05, 3.63) is 70.2 Å². The fourth-order valence-electron chi connectivity index (χ4n) is 2.42. The van der Waals surface area contributed by atoms with Gasteiger partial charge in [-0.05, 0) is 35.4 Å². The van der Waals surface area contributed by atoms with Crippen molar-refractivity contribution in [2.24, 2.45) is 5.92 Å². The fourth-order valence-corrected chi connectivity index (χ4v) is 2.55. The Hall–Kier alpha value is -2.17. The van der Waals surface area contributed by atoms with E-state index in [0.717, 1.165) is 11.1 Å². The van der Waals surface area contributed by atoms with E-state index in [2.05, 4.69) is 5.32 Å². The third-order valence-corrected chi connectivity index (χ3v) is 4.08. The predicted octanol–water partition coefficient (Wildman–Crippen LogP) is 3.36. The van der Waals surface area contributed by atoms with Gasteiger partial charge < -0.3 is 10.4 Å². The van der Waals surface area contributed by atoms with Gasteiger partial charge in [-0.15, -0.1) is 0 Å². The molecule has 1 unspecified atom stereocenters.